The highest BCUT2D eigenvalue weighted by Gasteiger charge is 2.35. The van der Waals surface area contributed by atoms with Gasteiger partial charge in [0.1, 0.15) is 0 Å². The van der Waals surface area contributed by atoms with Crippen LogP contribution < -0.4 is 42.5 Å². The van der Waals surface area contributed by atoms with Crippen LogP contribution >= 0.6 is 49.6 Å². The lowest BCUT2D eigenvalue weighted by molar-refractivity contribution is 0.0980. The Morgan fingerprint density at radius 2 is 0.533 bits per heavy atom. The van der Waals surface area contributed by atoms with Crippen molar-refractivity contribution in [2.24, 2.45) is 0 Å². The normalized spacial score (nSPS) is 12.0. The second-order valence-electron chi connectivity index (χ2n) is 13.4. The van der Waals surface area contributed by atoms with Crippen LogP contribution in [-0.2, 0) is 0 Å². The quantitative estimate of drug-likeness (QED) is 0.0418. The zero-order valence-electron chi connectivity index (χ0n) is 33.0. The summed E-state index contributed by atoms with van der Waals surface area (Å²) in [5.74, 6) is -0.770. The summed E-state index contributed by atoms with van der Waals surface area (Å²) in [6.07, 6.45) is 0. The molecule has 0 fully saturated rings. The lowest BCUT2D eigenvalue weighted by atomic mass is 9.82. The molecule has 14 nitrogen and oxygen atoms in total. The van der Waals surface area contributed by atoms with Gasteiger partial charge in [0.2, 0.25) is 0 Å². The van der Waals surface area contributed by atoms with Crippen molar-refractivity contribution >= 4 is 95.5 Å². The third-order valence-electron chi connectivity index (χ3n) is 9.68. The maximum absolute atomic E-state index is 13.7. The van der Waals surface area contributed by atoms with Gasteiger partial charge in [-0.2, -0.15) is 0 Å². The molecular formula is C42H54Cl4N8O6. The van der Waals surface area contributed by atoms with E-state index in [4.69, 9.17) is 10.2 Å². The summed E-state index contributed by atoms with van der Waals surface area (Å²) in [4.78, 5) is 54.7. The van der Waals surface area contributed by atoms with E-state index in [0.717, 1.165) is 0 Å². The number of carbonyl (C=O) groups excluding carboxylic acids is 4. The van der Waals surface area contributed by atoms with Crippen molar-refractivity contribution in [3.63, 3.8) is 0 Å². The van der Waals surface area contributed by atoms with Gasteiger partial charge < -0.3 is 52.7 Å². The minimum atomic E-state index is -0.193. The Morgan fingerprint density at radius 3 is 0.767 bits per heavy atom. The van der Waals surface area contributed by atoms with Gasteiger partial charge in [0.25, 0.3) is 0 Å². The molecule has 0 saturated carbocycles. The van der Waals surface area contributed by atoms with E-state index in [1.807, 2.05) is 24.3 Å². The average Bonchev–Trinajstić information content (AvgIpc) is 3.22. The molecule has 0 unspecified atom stereocenters. The van der Waals surface area contributed by atoms with Crippen molar-refractivity contribution in [1.82, 2.24) is 21.3 Å². The van der Waals surface area contributed by atoms with Crippen molar-refractivity contribution in [2.45, 2.75) is 0 Å². The van der Waals surface area contributed by atoms with Crippen LogP contribution in [-0.4, -0.2) is 125 Å². The van der Waals surface area contributed by atoms with Crippen LogP contribution in [0.5, 0.6) is 0 Å². The first kappa shape index (κ1) is 51.8. The number of anilines is 4. The maximum atomic E-state index is 13.7. The van der Waals surface area contributed by atoms with E-state index in [0.29, 0.717) is 146 Å². The molecule has 2 aliphatic carbocycles. The molecular weight excluding hydrogens is 854 g/mol. The number of hydrogen-bond donors (Lipinski definition) is 10. The number of carbonyl (C=O) groups is 4. The van der Waals surface area contributed by atoms with Gasteiger partial charge in [-0.25, -0.2) is 0 Å². The lowest BCUT2D eigenvalue weighted by Gasteiger charge is -2.24. The number of fused-ring (bicyclic) bond motifs is 4. The van der Waals surface area contributed by atoms with Crippen molar-refractivity contribution in [2.75, 3.05) is 113 Å². The molecule has 6 rings (SSSR count). The largest absolute Gasteiger partial charge is 0.395 e. The van der Waals surface area contributed by atoms with Crippen molar-refractivity contribution in [3.05, 3.63) is 117 Å². The molecule has 2 aliphatic rings. The van der Waals surface area contributed by atoms with Crippen LogP contribution in [0, 0.1) is 0 Å². The Bertz CT molecular complexity index is 1930. The molecule has 0 atom stereocenters. The van der Waals surface area contributed by atoms with Crippen LogP contribution in [0.15, 0.2) is 72.8 Å². The minimum Gasteiger partial charge on any atom is -0.395 e. The molecule has 0 bridgehead atoms. The van der Waals surface area contributed by atoms with E-state index < -0.39 is 0 Å². The monoisotopic (exact) mass is 906 g/mol. The fourth-order valence-corrected chi connectivity index (χ4v) is 7.01. The van der Waals surface area contributed by atoms with Gasteiger partial charge in [-0.1, -0.05) is 48.5 Å². The third kappa shape index (κ3) is 12.2. The van der Waals surface area contributed by atoms with Crippen LogP contribution in [0.25, 0.3) is 0 Å². The van der Waals surface area contributed by atoms with Gasteiger partial charge in [0.15, 0.2) is 23.1 Å². The van der Waals surface area contributed by atoms with E-state index in [-0.39, 0.29) is 86.0 Å². The Kier molecular flexibility index (Phi) is 22.6. The average molecular weight is 909 g/mol. The highest BCUT2D eigenvalue weighted by molar-refractivity contribution is 6.33. The van der Waals surface area contributed by atoms with Crippen molar-refractivity contribution in [3.8, 4) is 0 Å². The highest BCUT2D eigenvalue weighted by atomic mass is 35.5. The van der Waals surface area contributed by atoms with Crippen LogP contribution in [0.4, 0.5) is 22.7 Å². The van der Waals surface area contributed by atoms with Crippen molar-refractivity contribution < 1.29 is 29.4 Å². The molecule has 0 aliphatic heterocycles. The maximum Gasteiger partial charge on any atom is 0.196 e. The third-order valence-corrected chi connectivity index (χ3v) is 9.68. The number of halogens is 4. The summed E-state index contributed by atoms with van der Waals surface area (Å²) in [7, 11) is 0. The summed E-state index contributed by atoms with van der Waals surface area (Å²) in [5, 5.41) is 44.3. The van der Waals surface area contributed by atoms with E-state index in [1.165, 1.54) is 0 Å². The van der Waals surface area contributed by atoms with Gasteiger partial charge in [-0.05, 0) is 24.3 Å². The summed E-state index contributed by atoms with van der Waals surface area (Å²) in [6, 6.07) is 21.1. The van der Waals surface area contributed by atoms with E-state index in [9.17, 15) is 19.2 Å². The molecule has 0 saturated heterocycles. The van der Waals surface area contributed by atoms with Crippen LogP contribution in [0.2, 0.25) is 0 Å². The van der Waals surface area contributed by atoms with Gasteiger partial charge in [-0.15, -0.1) is 49.6 Å². The summed E-state index contributed by atoms with van der Waals surface area (Å²) >= 11 is 0. The molecule has 0 radical (unpaired) electrons. The Morgan fingerprint density at radius 1 is 0.317 bits per heavy atom. The lowest BCUT2D eigenvalue weighted by Crippen LogP contribution is -2.33. The topological polar surface area (TPSA) is 205 Å². The first-order chi connectivity index (χ1) is 27.5. The zero-order chi connectivity index (χ0) is 39.3. The Hall–Kier alpha value is -4.32. The fourth-order valence-electron chi connectivity index (χ4n) is 7.01. The molecule has 0 amide bonds. The van der Waals surface area contributed by atoms with Crippen LogP contribution in [0.3, 0.4) is 0 Å². The Balaban J connectivity index is 0.00000310. The molecule has 0 aromatic heterocycles. The minimum absolute atomic E-state index is 0. The first-order valence-corrected chi connectivity index (χ1v) is 19.2. The van der Waals surface area contributed by atoms with Gasteiger partial charge >= 0.3 is 0 Å². The van der Waals surface area contributed by atoms with Gasteiger partial charge in [-0.3, -0.25) is 19.2 Å². The summed E-state index contributed by atoms with van der Waals surface area (Å²) in [5.41, 5.74) is 5.45. The molecule has 18 heteroatoms. The second kappa shape index (κ2) is 26.1. The number of aliphatic hydroxyl groups is 2. The number of aliphatic hydroxyl groups excluding tert-OH is 2. The molecule has 60 heavy (non-hydrogen) atoms. The smallest absolute Gasteiger partial charge is 0.196 e. The standard InChI is InChI=1S/C42H50N8O6.4ClH/c51-25-23-45-17-21-49-33-11-9-31(35-37(33)41(55)29-7-3-1-5-27(29)39(35)53)47-19-15-43-13-14-44-16-20-48-32-10-12-34(50-22-18-46-24-26-52)38-36(32)40(54)28-6-2-4-8-30(28)42(38)56;;;;/h1-12,43-52H,13-26H2;4*1H. The Labute approximate surface area is 374 Å². The van der Waals surface area contributed by atoms with E-state index >= 15 is 0 Å². The molecule has 10 N–H and O–H groups in total. The molecule has 0 spiro atoms. The summed E-state index contributed by atoms with van der Waals surface area (Å²) in [6.45, 7) is 6.89. The predicted molar refractivity (Wildman–Crippen MR) is 248 cm³/mol. The first-order valence-electron chi connectivity index (χ1n) is 19.2. The molecule has 4 aromatic rings. The number of nitrogens with one attached hydrogen (secondary N) is 8. The van der Waals surface area contributed by atoms with E-state index in [2.05, 4.69) is 42.5 Å². The highest BCUT2D eigenvalue weighted by Crippen LogP contribution is 2.38. The fraction of sp³-hybridized carbons (Fsp3) is 0.333. The predicted octanol–water partition coefficient (Wildman–Crippen LogP) is 3.62. The van der Waals surface area contributed by atoms with Gasteiger partial charge in [0.05, 0.1) is 35.5 Å². The molecule has 0 heterocycles. The summed E-state index contributed by atoms with van der Waals surface area (Å²) < 4.78 is 0. The number of hydrogen-bond acceptors (Lipinski definition) is 14. The number of benzene rings is 4. The molecule has 4 aromatic carbocycles. The number of ketones is 4. The van der Waals surface area contributed by atoms with Crippen LogP contribution in [0.1, 0.15) is 63.7 Å². The van der Waals surface area contributed by atoms with Crippen molar-refractivity contribution in [1.29, 1.82) is 0 Å². The van der Waals surface area contributed by atoms with Gasteiger partial charge in [0, 0.05) is 124 Å². The molecule has 326 valence electrons. The number of rotatable bonds is 23. The van der Waals surface area contributed by atoms with E-state index in [1.54, 1.807) is 48.5 Å². The SMILES string of the molecule is Cl.Cl.Cl.Cl.O=C1c2ccccc2C(=O)c2c(NCCNCCNCCNc3ccc(NCCNCCO)c4c3C(=O)c3ccccc3C4=O)ccc(NCCNCCO)c21. The second-order valence-corrected chi connectivity index (χ2v) is 13.4. The zero-order valence-corrected chi connectivity index (χ0v) is 36.3.